The maximum absolute atomic E-state index is 11.0. The van der Waals surface area contributed by atoms with E-state index in [1.807, 2.05) is 12.1 Å². The molecule has 0 radical (unpaired) electrons. The van der Waals surface area contributed by atoms with Gasteiger partial charge in [-0.15, -0.1) is 0 Å². The molecule has 0 atom stereocenters. The van der Waals surface area contributed by atoms with Gasteiger partial charge in [-0.3, -0.25) is 4.79 Å². The molecular formula is C11H12ClNO. The van der Waals surface area contributed by atoms with Crippen LogP contribution in [0, 0.1) is 0 Å². The number of nitrogens with one attached hydrogen (secondary N) is 1. The van der Waals surface area contributed by atoms with E-state index >= 15 is 0 Å². The molecule has 2 rings (SSSR count). The zero-order valence-corrected chi connectivity index (χ0v) is 8.60. The molecule has 0 bridgehead atoms. The van der Waals surface area contributed by atoms with Gasteiger partial charge in [0, 0.05) is 5.56 Å². The lowest BCUT2D eigenvalue weighted by Crippen LogP contribution is -2.16. The molecule has 0 amide bonds. The molecule has 0 aliphatic carbocycles. The minimum absolute atomic E-state index is 0.370. The third-order valence-corrected chi connectivity index (χ3v) is 2.79. The van der Waals surface area contributed by atoms with E-state index in [2.05, 4.69) is 5.32 Å². The first-order valence-electron chi connectivity index (χ1n) is 4.80. The highest BCUT2D eigenvalue weighted by Crippen LogP contribution is 2.16. The molecule has 2 nitrogen and oxygen atoms in total. The Morgan fingerprint density at radius 2 is 1.93 bits per heavy atom. The quantitative estimate of drug-likeness (QED) is 0.715. The fourth-order valence-electron chi connectivity index (χ4n) is 1.80. The van der Waals surface area contributed by atoms with Gasteiger partial charge in [0.15, 0.2) is 0 Å². The van der Waals surface area contributed by atoms with E-state index in [0.717, 1.165) is 25.9 Å². The first kappa shape index (κ1) is 9.69. The van der Waals surface area contributed by atoms with E-state index in [0.29, 0.717) is 5.56 Å². The number of carbonyl (C=O) groups is 1. The highest BCUT2D eigenvalue weighted by atomic mass is 35.5. The summed E-state index contributed by atoms with van der Waals surface area (Å²) in [5.74, 6) is 0. The minimum atomic E-state index is -0.370. The fourth-order valence-corrected chi connectivity index (χ4v) is 1.91. The summed E-state index contributed by atoms with van der Waals surface area (Å²) in [4.78, 5) is 11.0. The molecule has 74 valence electrons. The van der Waals surface area contributed by atoms with Crippen molar-refractivity contribution in [3.63, 3.8) is 0 Å². The third kappa shape index (κ3) is 1.97. The molecule has 0 saturated carbocycles. The van der Waals surface area contributed by atoms with Gasteiger partial charge >= 0.3 is 0 Å². The Morgan fingerprint density at radius 1 is 1.21 bits per heavy atom. The molecule has 1 aliphatic heterocycles. The van der Waals surface area contributed by atoms with Crippen LogP contribution in [-0.2, 0) is 12.8 Å². The Morgan fingerprint density at radius 3 is 2.64 bits per heavy atom. The molecule has 1 heterocycles. The summed E-state index contributed by atoms with van der Waals surface area (Å²) in [6.07, 6.45) is 2.01. The molecule has 0 spiro atoms. The third-order valence-electron chi connectivity index (χ3n) is 2.58. The summed E-state index contributed by atoms with van der Waals surface area (Å²) in [6, 6.07) is 5.73. The molecule has 0 unspecified atom stereocenters. The highest BCUT2D eigenvalue weighted by Gasteiger charge is 2.09. The second-order valence-corrected chi connectivity index (χ2v) is 3.85. The Bertz CT molecular complexity index is 362. The van der Waals surface area contributed by atoms with Gasteiger partial charge in [0.25, 0.3) is 5.24 Å². The van der Waals surface area contributed by atoms with E-state index in [4.69, 9.17) is 11.6 Å². The molecule has 1 aromatic carbocycles. The van der Waals surface area contributed by atoms with Crippen LogP contribution in [0.15, 0.2) is 18.2 Å². The van der Waals surface area contributed by atoms with Crippen molar-refractivity contribution < 1.29 is 4.79 Å². The van der Waals surface area contributed by atoms with Gasteiger partial charge in [0.05, 0.1) is 0 Å². The average molecular weight is 210 g/mol. The average Bonchev–Trinajstić information content (AvgIpc) is 2.41. The van der Waals surface area contributed by atoms with E-state index in [1.165, 1.54) is 11.1 Å². The highest BCUT2D eigenvalue weighted by molar-refractivity contribution is 6.67. The largest absolute Gasteiger partial charge is 0.316 e. The van der Waals surface area contributed by atoms with Gasteiger partial charge in [-0.25, -0.2) is 0 Å². The molecule has 1 aromatic rings. The Labute approximate surface area is 88.3 Å². The number of benzene rings is 1. The van der Waals surface area contributed by atoms with Crippen LogP contribution in [-0.4, -0.2) is 18.3 Å². The van der Waals surface area contributed by atoms with Crippen molar-refractivity contribution in [2.75, 3.05) is 13.1 Å². The number of hydrogen-bond donors (Lipinski definition) is 1. The number of rotatable bonds is 1. The zero-order chi connectivity index (χ0) is 9.97. The molecule has 0 fully saturated rings. The van der Waals surface area contributed by atoms with Gasteiger partial charge < -0.3 is 5.32 Å². The van der Waals surface area contributed by atoms with Crippen LogP contribution in [0.4, 0.5) is 0 Å². The zero-order valence-electron chi connectivity index (χ0n) is 7.85. The lowest BCUT2D eigenvalue weighted by molar-refractivity contribution is 0.108. The Balaban J connectivity index is 2.37. The first-order chi connectivity index (χ1) is 6.77. The second-order valence-electron chi connectivity index (χ2n) is 3.51. The predicted molar refractivity (Wildman–Crippen MR) is 56.9 cm³/mol. The van der Waals surface area contributed by atoms with Gasteiger partial charge in [-0.05, 0) is 60.8 Å². The van der Waals surface area contributed by atoms with Crippen LogP contribution in [0.2, 0.25) is 0 Å². The molecule has 14 heavy (non-hydrogen) atoms. The van der Waals surface area contributed by atoms with E-state index in [1.54, 1.807) is 6.07 Å². The van der Waals surface area contributed by atoms with Crippen molar-refractivity contribution in [1.82, 2.24) is 5.32 Å². The summed E-state index contributed by atoms with van der Waals surface area (Å²) in [7, 11) is 0. The molecule has 0 aromatic heterocycles. The second kappa shape index (κ2) is 4.11. The fraction of sp³-hybridized carbons (Fsp3) is 0.364. The predicted octanol–water partition coefficient (Wildman–Crippen LogP) is 1.75. The SMILES string of the molecule is O=C(Cl)c1ccc2c(c1)CCNCC2. The lowest BCUT2D eigenvalue weighted by atomic mass is 10.0. The molecule has 1 N–H and O–H groups in total. The Kier molecular flexibility index (Phi) is 2.85. The summed E-state index contributed by atoms with van der Waals surface area (Å²) < 4.78 is 0. The summed E-state index contributed by atoms with van der Waals surface area (Å²) in [5.41, 5.74) is 3.19. The van der Waals surface area contributed by atoms with Crippen molar-refractivity contribution in [2.24, 2.45) is 0 Å². The number of fused-ring (bicyclic) bond motifs is 1. The topological polar surface area (TPSA) is 29.1 Å². The molecule has 0 saturated heterocycles. The molecular weight excluding hydrogens is 198 g/mol. The van der Waals surface area contributed by atoms with Crippen molar-refractivity contribution in [3.05, 3.63) is 34.9 Å². The van der Waals surface area contributed by atoms with Crippen molar-refractivity contribution >= 4 is 16.8 Å². The number of carbonyl (C=O) groups excluding carboxylic acids is 1. The van der Waals surface area contributed by atoms with Gasteiger partial charge in [0.2, 0.25) is 0 Å². The van der Waals surface area contributed by atoms with Gasteiger partial charge in [0.1, 0.15) is 0 Å². The van der Waals surface area contributed by atoms with Gasteiger partial charge in [-0.2, -0.15) is 0 Å². The van der Waals surface area contributed by atoms with E-state index in [-0.39, 0.29) is 5.24 Å². The maximum atomic E-state index is 11.0. The van der Waals surface area contributed by atoms with Crippen molar-refractivity contribution in [2.45, 2.75) is 12.8 Å². The van der Waals surface area contributed by atoms with E-state index in [9.17, 15) is 4.79 Å². The van der Waals surface area contributed by atoms with Crippen LogP contribution in [0.3, 0.4) is 0 Å². The van der Waals surface area contributed by atoms with Crippen LogP contribution < -0.4 is 5.32 Å². The summed E-state index contributed by atoms with van der Waals surface area (Å²) >= 11 is 5.43. The molecule has 3 heteroatoms. The first-order valence-corrected chi connectivity index (χ1v) is 5.17. The normalized spacial score (nSPS) is 15.8. The minimum Gasteiger partial charge on any atom is -0.316 e. The maximum Gasteiger partial charge on any atom is 0.252 e. The lowest BCUT2D eigenvalue weighted by Gasteiger charge is -2.05. The van der Waals surface area contributed by atoms with Crippen LogP contribution in [0.25, 0.3) is 0 Å². The monoisotopic (exact) mass is 209 g/mol. The smallest absolute Gasteiger partial charge is 0.252 e. The van der Waals surface area contributed by atoms with E-state index < -0.39 is 0 Å². The Hall–Kier alpha value is -0.860. The standard InChI is InChI=1S/C11H12ClNO/c12-11(14)10-2-1-8-3-5-13-6-4-9(8)7-10/h1-2,7,13H,3-6H2. The molecule has 1 aliphatic rings. The summed E-state index contributed by atoms with van der Waals surface area (Å²) in [5, 5.41) is 2.95. The van der Waals surface area contributed by atoms with Crippen LogP contribution in [0.5, 0.6) is 0 Å². The summed E-state index contributed by atoms with van der Waals surface area (Å²) in [6.45, 7) is 1.99. The van der Waals surface area contributed by atoms with Crippen molar-refractivity contribution in [3.8, 4) is 0 Å². The van der Waals surface area contributed by atoms with Crippen LogP contribution in [0.1, 0.15) is 21.5 Å². The van der Waals surface area contributed by atoms with Gasteiger partial charge in [-0.1, -0.05) is 6.07 Å². The number of halogens is 1. The number of hydrogen-bond acceptors (Lipinski definition) is 2. The van der Waals surface area contributed by atoms with Crippen LogP contribution >= 0.6 is 11.6 Å². The van der Waals surface area contributed by atoms with Crippen molar-refractivity contribution in [1.29, 1.82) is 0 Å².